The number of amides is 1. The van der Waals surface area contributed by atoms with E-state index >= 15 is 0 Å². The average molecular weight is 293 g/mol. The lowest BCUT2D eigenvalue weighted by molar-refractivity contribution is 0.0833. The van der Waals surface area contributed by atoms with Gasteiger partial charge in [-0.15, -0.1) is 5.10 Å². The number of carbonyl (C=O) groups excluding carboxylic acids is 1. The minimum atomic E-state index is -0.463. The van der Waals surface area contributed by atoms with Gasteiger partial charge in [0.05, 0.1) is 24.4 Å². The van der Waals surface area contributed by atoms with Crippen LogP contribution in [0.4, 0.5) is 0 Å². The zero-order chi connectivity index (χ0) is 14.7. The summed E-state index contributed by atoms with van der Waals surface area (Å²) in [5.41, 5.74) is -0.122. The van der Waals surface area contributed by atoms with Crippen molar-refractivity contribution in [1.82, 2.24) is 25.6 Å². The maximum atomic E-state index is 12.3. The van der Waals surface area contributed by atoms with Gasteiger partial charge < -0.3 is 15.7 Å². The Balaban J connectivity index is 1.66. The standard InChI is InChI=1S/C14H23N5O2/c20-10-14(5-1-2-6-14)16-13(21)12-9-19(18-17-12)11-3-7-15-8-4-11/h9,11,15,20H,1-8,10H2,(H,16,21). The lowest BCUT2D eigenvalue weighted by Crippen LogP contribution is -2.49. The summed E-state index contributed by atoms with van der Waals surface area (Å²) in [5, 5.41) is 23.9. The van der Waals surface area contributed by atoms with Crippen LogP contribution in [0.1, 0.15) is 55.1 Å². The van der Waals surface area contributed by atoms with Crippen molar-refractivity contribution in [2.45, 2.75) is 50.1 Å². The summed E-state index contributed by atoms with van der Waals surface area (Å²) in [5.74, 6) is -0.230. The Bertz CT molecular complexity index is 489. The van der Waals surface area contributed by atoms with Crippen LogP contribution >= 0.6 is 0 Å². The van der Waals surface area contributed by atoms with Gasteiger partial charge in [-0.2, -0.15) is 0 Å². The van der Waals surface area contributed by atoms with Gasteiger partial charge in [-0.1, -0.05) is 18.1 Å². The molecule has 0 aromatic carbocycles. The summed E-state index contributed by atoms with van der Waals surface area (Å²) in [7, 11) is 0. The van der Waals surface area contributed by atoms with Gasteiger partial charge >= 0.3 is 0 Å². The highest BCUT2D eigenvalue weighted by atomic mass is 16.3. The molecule has 0 atom stereocenters. The van der Waals surface area contributed by atoms with E-state index in [2.05, 4.69) is 20.9 Å². The first-order valence-electron chi connectivity index (χ1n) is 7.78. The Morgan fingerprint density at radius 2 is 2.14 bits per heavy atom. The molecular formula is C14H23N5O2. The van der Waals surface area contributed by atoms with E-state index in [1.807, 2.05) is 0 Å². The van der Waals surface area contributed by atoms with Gasteiger partial charge in [0.25, 0.3) is 5.91 Å². The molecule has 1 amide bonds. The van der Waals surface area contributed by atoms with Crippen LogP contribution in [0.25, 0.3) is 0 Å². The van der Waals surface area contributed by atoms with Crippen molar-refractivity contribution in [3.8, 4) is 0 Å². The van der Waals surface area contributed by atoms with E-state index in [9.17, 15) is 9.90 Å². The third kappa shape index (κ3) is 3.08. The van der Waals surface area contributed by atoms with Gasteiger partial charge in [0.15, 0.2) is 5.69 Å². The van der Waals surface area contributed by atoms with Gasteiger partial charge in [-0.3, -0.25) is 4.79 Å². The van der Waals surface area contributed by atoms with Crippen molar-refractivity contribution < 1.29 is 9.90 Å². The van der Waals surface area contributed by atoms with Crippen LogP contribution in [-0.2, 0) is 0 Å². The molecule has 2 aliphatic rings. The number of aliphatic hydroxyl groups is 1. The number of piperidine rings is 1. The SMILES string of the molecule is O=C(NC1(CO)CCCC1)c1cn(C2CCNCC2)nn1. The molecule has 1 aromatic rings. The van der Waals surface area contributed by atoms with Crippen LogP contribution in [0.3, 0.4) is 0 Å². The number of aliphatic hydroxyl groups excluding tert-OH is 1. The minimum Gasteiger partial charge on any atom is -0.394 e. The lowest BCUT2D eigenvalue weighted by Gasteiger charge is -2.27. The quantitative estimate of drug-likeness (QED) is 0.739. The molecule has 0 bridgehead atoms. The molecular weight excluding hydrogens is 270 g/mol. The first kappa shape index (κ1) is 14.5. The van der Waals surface area contributed by atoms with Crippen LogP contribution < -0.4 is 10.6 Å². The second-order valence-corrected chi connectivity index (χ2v) is 6.16. The van der Waals surface area contributed by atoms with Crippen molar-refractivity contribution in [3.63, 3.8) is 0 Å². The normalized spacial score (nSPS) is 22.3. The van der Waals surface area contributed by atoms with Crippen LogP contribution in [0.15, 0.2) is 6.20 Å². The molecule has 7 nitrogen and oxygen atoms in total. The van der Waals surface area contributed by atoms with Gasteiger partial charge in [0.2, 0.25) is 0 Å². The molecule has 0 spiro atoms. The fourth-order valence-corrected chi connectivity index (χ4v) is 3.31. The zero-order valence-corrected chi connectivity index (χ0v) is 12.2. The van der Waals surface area contributed by atoms with Crippen molar-refractivity contribution in [2.75, 3.05) is 19.7 Å². The Morgan fingerprint density at radius 1 is 1.43 bits per heavy atom. The average Bonchev–Trinajstić information content (AvgIpc) is 3.18. The zero-order valence-electron chi connectivity index (χ0n) is 12.2. The number of nitrogens with one attached hydrogen (secondary N) is 2. The van der Waals surface area contributed by atoms with E-state index < -0.39 is 5.54 Å². The molecule has 1 aliphatic carbocycles. The third-order valence-corrected chi connectivity index (χ3v) is 4.67. The third-order valence-electron chi connectivity index (χ3n) is 4.67. The molecule has 116 valence electrons. The van der Waals surface area contributed by atoms with Gasteiger partial charge in [-0.25, -0.2) is 4.68 Å². The molecule has 3 rings (SSSR count). The van der Waals surface area contributed by atoms with E-state index in [4.69, 9.17) is 0 Å². The molecule has 1 saturated carbocycles. The fraction of sp³-hybridized carbons (Fsp3) is 0.786. The summed E-state index contributed by atoms with van der Waals surface area (Å²) in [6, 6.07) is 0.318. The van der Waals surface area contributed by atoms with Crippen LogP contribution in [0.2, 0.25) is 0 Å². The molecule has 1 aromatic heterocycles. The number of carbonyl (C=O) groups is 1. The van der Waals surface area contributed by atoms with Crippen LogP contribution in [0.5, 0.6) is 0 Å². The van der Waals surface area contributed by atoms with Gasteiger partial charge in [0, 0.05) is 0 Å². The lowest BCUT2D eigenvalue weighted by atomic mass is 9.99. The van der Waals surface area contributed by atoms with E-state index in [0.717, 1.165) is 51.6 Å². The molecule has 1 saturated heterocycles. The number of hydrogen-bond acceptors (Lipinski definition) is 5. The largest absolute Gasteiger partial charge is 0.394 e. The number of rotatable bonds is 4. The van der Waals surface area contributed by atoms with Crippen molar-refractivity contribution >= 4 is 5.91 Å². The predicted molar refractivity (Wildman–Crippen MR) is 76.9 cm³/mol. The topological polar surface area (TPSA) is 92.1 Å². The van der Waals surface area contributed by atoms with Crippen molar-refractivity contribution in [1.29, 1.82) is 0 Å². The second kappa shape index (κ2) is 6.11. The monoisotopic (exact) mass is 293 g/mol. The molecule has 7 heteroatoms. The van der Waals surface area contributed by atoms with E-state index in [1.165, 1.54) is 0 Å². The van der Waals surface area contributed by atoms with Crippen molar-refractivity contribution in [3.05, 3.63) is 11.9 Å². The number of nitrogens with zero attached hydrogens (tertiary/aromatic N) is 3. The highest BCUT2D eigenvalue weighted by Crippen LogP contribution is 2.29. The second-order valence-electron chi connectivity index (χ2n) is 6.16. The molecule has 1 aliphatic heterocycles. The molecule has 0 radical (unpaired) electrons. The Hall–Kier alpha value is -1.47. The molecule has 3 N–H and O–H groups in total. The summed E-state index contributed by atoms with van der Waals surface area (Å²) in [6.45, 7) is 1.93. The van der Waals surface area contributed by atoms with E-state index in [0.29, 0.717) is 11.7 Å². The fourth-order valence-electron chi connectivity index (χ4n) is 3.31. The molecule has 2 heterocycles. The minimum absolute atomic E-state index is 0.0127. The summed E-state index contributed by atoms with van der Waals surface area (Å²) < 4.78 is 1.80. The van der Waals surface area contributed by atoms with E-state index in [1.54, 1.807) is 10.9 Å². The van der Waals surface area contributed by atoms with Gasteiger partial charge in [0.1, 0.15) is 0 Å². The summed E-state index contributed by atoms with van der Waals surface area (Å²) in [6.07, 6.45) is 7.49. The van der Waals surface area contributed by atoms with Gasteiger partial charge in [-0.05, 0) is 38.8 Å². The Kier molecular flexibility index (Phi) is 4.21. The first-order valence-corrected chi connectivity index (χ1v) is 7.78. The highest BCUT2D eigenvalue weighted by Gasteiger charge is 2.35. The molecule has 0 unspecified atom stereocenters. The Morgan fingerprint density at radius 3 is 2.81 bits per heavy atom. The molecule has 2 fully saturated rings. The Labute approximate surface area is 124 Å². The first-order chi connectivity index (χ1) is 10.2. The van der Waals surface area contributed by atoms with Crippen LogP contribution in [-0.4, -0.2) is 51.2 Å². The number of hydrogen-bond donors (Lipinski definition) is 3. The van der Waals surface area contributed by atoms with Crippen molar-refractivity contribution in [2.24, 2.45) is 0 Å². The maximum Gasteiger partial charge on any atom is 0.273 e. The summed E-state index contributed by atoms with van der Waals surface area (Å²) >= 11 is 0. The highest BCUT2D eigenvalue weighted by molar-refractivity contribution is 5.92. The number of aromatic nitrogens is 3. The maximum absolute atomic E-state index is 12.3. The predicted octanol–water partition coefficient (Wildman–Crippen LogP) is 0.237. The smallest absolute Gasteiger partial charge is 0.273 e. The van der Waals surface area contributed by atoms with E-state index in [-0.39, 0.29) is 12.5 Å². The molecule has 21 heavy (non-hydrogen) atoms. The van der Waals surface area contributed by atoms with Crippen LogP contribution in [0, 0.1) is 0 Å². The summed E-state index contributed by atoms with van der Waals surface area (Å²) in [4.78, 5) is 12.3.